The predicted octanol–water partition coefficient (Wildman–Crippen LogP) is 4.86. The summed E-state index contributed by atoms with van der Waals surface area (Å²) in [4.78, 5) is 14.9. The first-order valence-corrected chi connectivity index (χ1v) is 10.7. The third-order valence-electron chi connectivity index (χ3n) is 5.67. The number of amides is 1. The number of carbonyl (C=O) groups is 1. The van der Waals surface area contributed by atoms with Crippen LogP contribution in [-0.4, -0.2) is 35.2 Å². The molecule has 6 heteroatoms. The third kappa shape index (κ3) is 5.08. The molecule has 0 unspecified atom stereocenters. The normalized spacial score (nSPS) is 14.5. The van der Waals surface area contributed by atoms with Gasteiger partial charge in [0, 0.05) is 31.5 Å². The van der Waals surface area contributed by atoms with Crippen LogP contribution >= 0.6 is 0 Å². The average Bonchev–Trinajstić information content (AvgIpc) is 3.10. The van der Waals surface area contributed by atoms with E-state index in [4.69, 9.17) is 14.0 Å². The van der Waals surface area contributed by atoms with Crippen LogP contribution in [-0.2, 0) is 6.61 Å². The molecule has 0 spiro atoms. The third-order valence-corrected chi connectivity index (χ3v) is 5.67. The lowest BCUT2D eigenvalue weighted by atomic mass is 10.1. The molecule has 1 amide bonds. The minimum atomic E-state index is 0.0248. The standard InChI is InChI=1S/C25H28N2O4/c1-17-6-4-9-23(14-17)30-21-10-12-27(13-11-21)25(28)20-7-5-8-22(15-20)29-16-24-18(2)26-31-19(24)3/h4-9,14-15,21H,10-13,16H2,1-3H3. The number of benzene rings is 2. The number of aryl methyl sites for hydroxylation is 3. The fourth-order valence-corrected chi connectivity index (χ4v) is 3.82. The van der Waals surface area contributed by atoms with E-state index in [1.807, 2.05) is 55.1 Å². The summed E-state index contributed by atoms with van der Waals surface area (Å²) in [7, 11) is 0. The number of aromatic nitrogens is 1. The first-order chi connectivity index (χ1) is 15.0. The fraction of sp³-hybridized carbons (Fsp3) is 0.360. The predicted molar refractivity (Wildman–Crippen MR) is 117 cm³/mol. The van der Waals surface area contributed by atoms with Crippen LogP contribution in [0.25, 0.3) is 0 Å². The first kappa shape index (κ1) is 21.0. The van der Waals surface area contributed by atoms with Crippen molar-refractivity contribution in [1.82, 2.24) is 10.1 Å². The van der Waals surface area contributed by atoms with Crippen LogP contribution < -0.4 is 9.47 Å². The lowest BCUT2D eigenvalue weighted by Gasteiger charge is -2.32. The maximum atomic E-state index is 13.0. The van der Waals surface area contributed by atoms with Crippen LogP contribution in [0, 0.1) is 20.8 Å². The molecule has 0 atom stereocenters. The SMILES string of the molecule is Cc1cccc(OC2CCN(C(=O)c3cccc(OCc4c(C)noc4C)c3)CC2)c1. The van der Waals surface area contributed by atoms with Crippen molar-refractivity contribution >= 4 is 5.91 Å². The molecule has 162 valence electrons. The van der Waals surface area contributed by atoms with Gasteiger partial charge in [-0.05, 0) is 56.7 Å². The van der Waals surface area contributed by atoms with E-state index < -0.39 is 0 Å². The van der Waals surface area contributed by atoms with Gasteiger partial charge in [0.1, 0.15) is 30.0 Å². The fourth-order valence-electron chi connectivity index (χ4n) is 3.82. The molecule has 0 N–H and O–H groups in total. The van der Waals surface area contributed by atoms with Gasteiger partial charge in [0.15, 0.2) is 0 Å². The Labute approximate surface area is 182 Å². The molecule has 4 rings (SSSR count). The Bertz CT molecular complexity index is 1030. The van der Waals surface area contributed by atoms with Crippen molar-refractivity contribution in [2.45, 2.75) is 46.3 Å². The summed E-state index contributed by atoms with van der Waals surface area (Å²) in [6, 6.07) is 15.4. The molecular weight excluding hydrogens is 392 g/mol. The van der Waals surface area contributed by atoms with E-state index in [9.17, 15) is 4.79 Å². The van der Waals surface area contributed by atoms with Gasteiger partial charge in [-0.2, -0.15) is 0 Å². The number of carbonyl (C=O) groups excluding carboxylic acids is 1. The van der Waals surface area contributed by atoms with E-state index in [0.717, 1.165) is 35.6 Å². The molecule has 31 heavy (non-hydrogen) atoms. The summed E-state index contributed by atoms with van der Waals surface area (Å²) in [5.74, 6) is 2.33. The molecule has 2 aromatic carbocycles. The Morgan fingerprint density at radius 1 is 1.06 bits per heavy atom. The van der Waals surface area contributed by atoms with E-state index in [1.54, 1.807) is 6.07 Å². The topological polar surface area (TPSA) is 64.8 Å². The van der Waals surface area contributed by atoms with Gasteiger partial charge in [0.25, 0.3) is 5.91 Å². The summed E-state index contributed by atoms with van der Waals surface area (Å²) in [5.41, 5.74) is 3.57. The molecule has 2 heterocycles. The highest BCUT2D eigenvalue weighted by Crippen LogP contribution is 2.23. The molecule has 1 aliphatic rings. The first-order valence-electron chi connectivity index (χ1n) is 10.7. The number of ether oxygens (including phenoxy) is 2. The van der Waals surface area contributed by atoms with Gasteiger partial charge >= 0.3 is 0 Å². The largest absolute Gasteiger partial charge is 0.490 e. The average molecular weight is 421 g/mol. The zero-order valence-corrected chi connectivity index (χ0v) is 18.3. The van der Waals surface area contributed by atoms with E-state index in [1.165, 1.54) is 5.56 Å². The summed E-state index contributed by atoms with van der Waals surface area (Å²) in [6.07, 6.45) is 1.78. The monoisotopic (exact) mass is 420 g/mol. The van der Waals surface area contributed by atoms with Crippen LogP contribution in [0.2, 0.25) is 0 Å². The molecule has 1 saturated heterocycles. The number of hydrogen-bond acceptors (Lipinski definition) is 5. The second kappa shape index (κ2) is 9.25. The summed E-state index contributed by atoms with van der Waals surface area (Å²) in [5, 5.41) is 3.95. The molecule has 6 nitrogen and oxygen atoms in total. The van der Waals surface area contributed by atoms with Crippen molar-refractivity contribution < 1.29 is 18.8 Å². The van der Waals surface area contributed by atoms with Crippen molar-refractivity contribution in [3.8, 4) is 11.5 Å². The van der Waals surface area contributed by atoms with Crippen LogP contribution in [0.15, 0.2) is 53.1 Å². The van der Waals surface area contributed by atoms with Crippen LogP contribution in [0.5, 0.6) is 11.5 Å². The van der Waals surface area contributed by atoms with Crippen molar-refractivity contribution in [3.05, 3.63) is 76.7 Å². The van der Waals surface area contributed by atoms with Crippen molar-refractivity contribution in [1.29, 1.82) is 0 Å². The number of nitrogens with zero attached hydrogens (tertiary/aromatic N) is 2. The molecule has 1 aromatic heterocycles. The number of hydrogen-bond donors (Lipinski definition) is 0. The second-order valence-corrected chi connectivity index (χ2v) is 8.05. The number of likely N-dealkylation sites (tertiary alicyclic amines) is 1. The lowest BCUT2D eigenvalue weighted by Crippen LogP contribution is -2.41. The summed E-state index contributed by atoms with van der Waals surface area (Å²) < 4.78 is 17.2. The van der Waals surface area contributed by atoms with Gasteiger partial charge in [-0.1, -0.05) is 23.4 Å². The maximum Gasteiger partial charge on any atom is 0.253 e. The minimum Gasteiger partial charge on any atom is -0.490 e. The minimum absolute atomic E-state index is 0.0248. The Hall–Kier alpha value is -3.28. The zero-order chi connectivity index (χ0) is 21.8. The van der Waals surface area contributed by atoms with E-state index in [-0.39, 0.29) is 12.0 Å². The van der Waals surface area contributed by atoms with Gasteiger partial charge in [0.05, 0.1) is 11.3 Å². The number of rotatable bonds is 6. The van der Waals surface area contributed by atoms with E-state index in [2.05, 4.69) is 18.1 Å². The Balaban J connectivity index is 1.33. The Morgan fingerprint density at radius 3 is 2.52 bits per heavy atom. The molecule has 3 aromatic rings. The maximum absolute atomic E-state index is 13.0. The zero-order valence-electron chi connectivity index (χ0n) is 18.3. The molecule has 1 aliphatic heterocycles. The lowest BCUT2D eigenvalue weighted by molar-refractivity contribution is 0.0595. The van der Waals surface area contributed by atoms with Crippen LogP contribution in [0.3, 0.4) is 0 Å². The van der Waals surface area contributed by atoms with Crippen LogP contribution in [0.1, 0.15) is 45.8 Å². The second-order valence-electron chi connectivity index (χ2n) is 8.05. The Morgan fingerprint density at radius 2 is 1.81 bits per heavy atom. The van der Waals surface area contributed by atoms with E-state index in [0.29, 0.717) is 31.0 Å². The van der Waals surface area contributed by atoms with Gasteiger partial charge in [-0.3, -0.25) is 4.79 Å². The highest BCUT2D eigenvalue weighted by atomic mass is 16.5. The van der Waals surface area contributed by atoms with E-state index >= 15 is 0 Å². The highest BCUT2D eigenvalue weighted by molar-refractivity contribution is 5.94. The molecular formula is C25H28N2O4. The van der Waals surface area contributed by atoms with Gasteiger partial charge in [-0.25, -0.2) is 0 Å². The van der Waals surface area contributed by atoms with Crippen molar-refractivity contribution in [3.63, 3.8) is 0 Å². The molecule has 0 bridgehead atoms. The quantitative estimate of drug-likeness (QED) is 0.570. The highest BCUT2D eigenvalue weighted by Gasteiger charge is 2.25. The van der Waals surface area contributed by atoms with Crippen molar-refractivity contribution in [2.75, 3.05) is 13.1 Å². The van der Waals surface area contributed by atoms with Gasteiger partial charge < -0.3 is 18.9 Å². The van der Waals surface area contributed by atoms with Crippen LogP contribution in [0.4, 0.5) is 0 Å². The Kier molecular flexibility index (Phi) is 6.26. The molecule has 0 aliphatic carbocycles. The number of piperidine rings is 1. The smallest absolute Gasteiger partial charge is 0.253 e. The van der Waals surface area contributed by atoms with Crippen molar-refractivity contribution in [2.24, 2.45) is 0 Å². The summed E-state index contributed by atoms with van der Waals surface area (Å²) in [6.45, 7) is 7.53. The molecule has 1 fully saturated rings. The molecule has 0 radical (unpaired) electrons. The van der Waals surface area contributed by atoms with Gasteiger partial charge in [-0.15, -0.1) is 0 Å². The summed E-state index contributed by atoms with van der Waals surface area (Å²) >= 11 is 0. The van der Waals surface area contributed by atoms with Gasteiger partial charge in [0.2, 0.25) is 0 Å². The molecule has 0 saturated carbocycles.